The van der Waals surface area contributed by atoms with Crippen LogP contribution in [0.4, 0.5) is 0 Å². The first-order valence-corrected chi connectivity index (χ1v) is 15.5. The number of nitrogens with one attached hydrogen (secondary N) is 3. The third-order valence-electron chi connectivity index (χ3n) is 7.95. The van der Waals surface area contributed by atoms with Crippen molar-refractivity contribution in [2.75, 3.05) is 26.2 Å². The topological polar surface area (TPSA) is 167 Å². The Bertz CT molecular complexity index is 1660. The van der Waals surface area contributed by atoms with E-state index in [4.69, 9.17) is 4.74 Å². The van der Waals surface area contributed by atoms with E-state index in [2.05, 4.69) is 38.1 Å². The Balaban J connectivity index is 1.35. The highest BCUT2D eigenvalue weighted by Gasteiger charge is 2.27. The highest BCUT2D eigenvalue weighted by atomic mass is 16.5. The number of H-pyrrole nitrogens is 1. The van der Waals surface area contributed by atoms with Gasteiger partial charge in [0.25, 0.3) is 11.8 Å². The van der Waals surface area contributed by atoms with Crippen LogP contribution < -0.4 is 15.4 Å². The molecule has 0 fully saturated rings. The Labute approximate surface area is 267 Å². The first-order valence-electron chi connectivity index (χ1n) is 15.5. The summed E-state index contributed by atoms with van der Waals surface area (Å²) in [4.78, 5) is 41.5. The Hall–Kier alpha value is -5.04. The summed E-state index contributed by atoms with van der Waals surface area (Å²) in [6, 6.07) is 13.6. The van der Waals surface area contributed by atoms with Crippen molar-refractivity contribution < 1.29 is 24.2 Å². The van der Waals surface area contributed by atoms with Crippen molar-refractivity contribution in [2.45, 2.75) is 58.7 Å². The average molecular weight is 629 g/mol. The number of aromatic nitrogens is 5. The zero-order valence-electron chi connectivity index (χ0n) is 26.3. The lowest BCUT2D eigenvalue weighted by Gasteiger charge is -2.24. The van der Waals surface area contributed by atoms with Crippen molar-refractivity contribution in [3.63, 3.8) is 0 Å². The van der Waals surface area contributed by atoms with Crippen molar-refractivity contribution >= 4 is 17.7 Å². The number of aryl methyl sites for hydroxylation is 3. The molecule has 13 nitrogen and oxygen atoms in total. The molecule has 46 heavy (non-hydrogen) atoms. The standard InChI is InChI=1S/C33H40N8O5/c1-4-23-7-10-24(11-8-23)27-19-28(38-37-27)33(45)40-15-12-26-20-41(39-36-26)14-5-17-46-29-18-25(9-6-21(29)2)31(43)35-30(22(3)42)32(44)34-13-16-40/h6-11,18-20,22,30,42H,4-5,12-17H2,1-3H3,(H,34,44)(H,35,43)(H,37,38)/t22-,30+/m1/s1. The van der Waals surface area contributed by atoms with E-state index in [1.165, 1.54) is 12.5 Å². The van der Waals surface area contributed by atoms with Crippen LogP contribution in [0.3, 0.4) is 0 Å². The molecule has 3 heterocycles. The molecular formula is C33H40N8O5. The van der Waals surface area contributed by atoms with E-state index in [-0.39, 0.29) is 19.0 Å². The van der Waals surface area contributed by atoms with Gasteiger partial charge in [-0.3, -0.25) is 24.2 Å². The highest BCUT2D eigenvalue weighted by molar-refractivity contribution is 5.98. The monoisotopic (exact) mass is 628 g/mol. The largest absolute Gasteiger partial charge is 0.493 e. The van der Waals surface area contributed by atoms with Gasteiger partial charge in [-0.2, -0.15) is 5.10 Å². The first kappa shape index (κ1) is 32.4. The van der Waals surface area contributed by atoms with Gasteiger partial charge in [0, 0.05) is 56.3 Å². The smallest absolute Gasteiger partial charge is 0.271 e. The van der Waals surface area contributed by atoms with Crippen LogP contribution in [0.25, 0.3) is 11.3 Å². The summed E-state index contributed by atoms with van der Waals surface area (Å²) in [5.74, 6) is -0.828. The molecule has 1 aliphatic heterocycles. The van der Waals surface area contributed by atoms with Crippen molar-refractivity contribution in [3.8, 4) is 17.0 Å². The summed E-state index contributed by atoms with van der Waals surface area (Å²) in [5.41, 5.74) is 4.94. The fourth-order valence-corrected chi connectivity index (χ4v) is 5.15. The number of hydrogen-bond donors (Lipinski definition) is 4. The van der Waals surface area contributed by atoms with E-state index in [9.17, 15) is 19.5 Å². The quantitative estimate of drug-likeness (QED) is 0.267. The maximum absolute atomic E-state index is 13.7. The predicted octanol–water partition coefficient (Wildman–Crippen LogP) is 2.30. The van der Waals surface area contributed by atoms with Gasteiger partial charge in [-0.1, -0.05) is 42.5 Å². The van der Waals surface area contributed by atoms with Gasteiger partial charge in [0.1, 0.15) is 17.5 Å². The fraction of sp³-hybridized carbons (Fsp3) is 0.394. The molecule has 13 heteroatoms. The zero-order chi connectivity index (χ0) is 32.6. The summed E-state index contributed by atoms with van der Waals surface area (Å²) in [5, 5.41) is 31.5. The third-order valence-corrected chi connectivity index (χ3v) is 7.95. The molecule has 1 aliphatic rings. The lowest BCUT2D eigenvalue weighted by Crippen LogP contribution is -2.53. The second-order valence-electron chi connectivity index (χ2n) is 11.4. The fourth-order valence-electron chi connectivity index (χ4n) is 5.15. The number of hydrogen-bond acceptors (Lipinski definition) is 8. The lowest BCUT2D eigenvalue weighted by molar-refractivity contribution is -0.125. The Kier molecular flexibility index (Phi) is 10.4. The molecule has 3 amide bonds. The molecule has 2 atom stereocenters. The molecule has 242 valence electrons. The van der Waals surface area contributed by atoms with Crippen molar-refractivity contribution in [3.05, 3.63) is 82.8 Å². The molecule has 0 saturated heterocycles. The minimum atomic E-state index is -1.21. The van der Waals surface area contributed by atoms with E-state index in [0.717, 1.165) is 23.2 Å². The maximum Gasteiger partial charge on any atom is 0.271 e. The number of nitrogens with zero attached hydrogens (tertiary/aromatic N) is 5. The van der Waals surface area contributed by atoms with Crippen LogP contribution >= 0.6 is 0 Å². The van der Waals surface area contributed by atoms with Crippen LogP contribution in [0, 0.1) is 6.92 Å². The van der Waals surface area contributed by atoms with E-state index < -0.39 is 24.0 Å². The first-order chi connectivity index (χ1) is 22.2. The number of carbonyl (C=O) groups is 3. The molecule has 4 N–H and O–H groups in total. The van der Waals surface area contributed by atoms with Crippen LogP contribution in [0.15, 0.2) is 54.7 Å². The van der Waals surface area contributed by atoms with E-state index in [0.29, 0.717) is 55.2 Å². The van der Waals surface area contributed by atoms with Crippen LogP contribution in [0.2, 0.25) is 0 Å². The normalized spacial score (nSPS) is 17.4. The van der Waals surface area contributed by atoms with Crippen LogP contribution in [0.5, 0.6) is 5.75 Å². The zero-order valence-corrected chi connectivity index (χ0v) is 26.3. The van der Waals surface area contributed by atoms with Crippen LogP contribution in [-0.4, -0.2) is 91.3 Å². The summed E-state index contributed by atoms with van der Waals surface area (Å²) in [7, 11) is 0. The Morgan fingerprint density at radius 1 is 1.09 bits per heavy atom. The summed E-state index contributed by atoms with van der Waals surface area (Å²) < 4.78 is 7.69. The van der Waals surface area contributed by atoms with Crippen LogP contribution in [-0.2, 0) is 24.2 Å². The molecular weight excluding hydrogens is 588 g/mol. The van der Waals surface area contributed by atoms with Gasteiger partial charge in [-0.15, -0.1) is 5.10 Å². The molecule has 0 radical (unpaired) electrons. The third kappa shape index (κ3) is 7.96. The lowest BCUT2D eigenvalue weighted by atomic mass is 10.1. The number of aliphatic hydroxyl groups is 1. The molecule has 2 aromatic heterocycles. The second kappa shape index (κ2) is 14.8. The van der Waals surface area contributed by atoms with Gasteiger partial charge in [-0.05, 0) is 49.6 Å². The minimum absolute atomic E-state index is 0.0817. The molecule has 0 unspecified atom stereocenters. The summed E-state index contributed by atoms with van der Waals surface area (Å²) in [6.07, 6.45) is 2.69. The van der Waals surface area contributed by atoms with Crippen molar-refractivity contribution in [1.29, 1.82) is 0 Å². The van der Waals surface area contributed by atoms with Crippen molar-refractivity contribution in [2.24, 2.45) is 0 Å². The minimum Gasteiger partial charge on any atom is -0.493 e. The van der Waals surface area contributed by atoms with Gasteiger partial charge in [0.15, 0.2) is 0 Å². The van der Waals surface area contributed by atoms with Crippen LogP contribution in [0.1, 0.15) is 57.9 Å². The molecule has 0 spiro atoms. The van der Waals surface area contributed by atoms with Crippen molar-refractivity contribution in [1.82, 2.24) is 40.7 Å². The number of rotatable bonds is 4. The number of aromatic amines is 1. The van der Waals surface area contributed by atoms with Gasteiger partial charge in [-0.25, -0.2) is 0 Å². The second-order valence-corrected chi connectivity index (χ2v) is 11.4. The van der Waals surface area contributed by atoms with Gasteiger partial charge in [0.2, 0.25) is 5.91 Å². The summed E-state index contributed by atoms with van der Waals surface area (Å²) >= 11 is 0. The number of carbonyl (C=O) groups excluding carboxylic acids is 3. The van der Waals surface area contributed by atoms with E-state index in [1.54, 1.807) is 33.8 Å². The predicted molar refractivity (Wildman–Crippen MR) is 170 cm³/mol. The number of amides is 3. The Morgan fingerprint density at radius 2 is 1.87 bits per heavy atom. The molecule has 4 bridgehead atoms. The van der Waals surface area contributed by atoms with Gasteiger partial charge < -0.3 is 25.4 Å². The molecule has 2 aromatic carbocycles. The average Bonchev–Trinajstić information content (AvgIpc) is 3.73. The molecule has 0 aliphatic carbocycles. The Morgan fingerprint density at radius 3 is 2.63 bits per heavy atom. The SMILES string of the molecule is CCc1ccc(-c2cc(C(=O)N3CCNC(=O)[C@H]([C@@H](C)O)NC(=O)c4ccc(C)c(c4)OCCCn4cc(nn4)CC3)[nH]n2)cc1. The highest BCUT2D eigenvalue weighted by Crippen LogP contribution is 2.21. The number of benzene rings is 2. The van der Waals surface area contributed by atoms with E-state index in [1.807, 2.05) is 37.4 Å². The summed E-state index contributed by atoms with van der Waals surface area (Å²) in [6.45, 7) is 6.92. The van der Waals surface area contributed by atoms with E-state index >= 15 is 0 Å². The molecule has 5 rings (SSSR count). The number of ether oxygens (including phenoxy) is 1. The number of fused-ring (bicyclic) bond motifs is 4. The maximum atomic E-state index is 13.7. The molecule has 4 aromatic rings. The van der Waals surface area contributed by atoms with Gasteiger partial charge in [0.05, 0.1) is 24.1 Å². The number of aliphatic hydroxyl groups excluding tert-OH is 1. The van der Waals surface area contributed by atoms with Gasteiger partial charge >= 0.3 is 0 Å². The molecule has 0 saturated carbocycles.